The molecule has 1 aliphatic rings. The maximum absolute atomic E-state index is 14.2. The summed E-state index contributed by atoms with van der Waals surface area (Å²) in [7, 11) is -24.3. The zero-order valence-electron chi connectivity index (χ0n) is 22.5. The minimum absolute atomic E-state index is 0. The van der Waals surface area contributed by atoms with Crippen LogP contribution in [0.3, 0.4) is 0 Å². The summed E-state index contributed by atoms with van der Waals surface area (Å²) in [5.41, 5.74) is 0.00692. The Balaban J connectivity index is 0.00000323. The Bertz CT molecular complexity index is 1910. The molecule has 1 N–H and O–H groups in total. The Kier molecular flexibility index (Phi) is 12.1. The summed E-state index contributed by atoms with van der Waals surface area (Å²) in [4.78, 5) is -3.46. The Hall–Kier alpha value is -1.52. The second kappa shape index (κ2) is 13.9. The van der Waals surface area contributed by atoms with Crippen LogP contribution in [0.1, 0.15) is 11.1 Å². The third kappa shape index (κ3) is 7.83. The SMILES string of the molecule is O=S(=O)([O-])C1=C(S(=O)(=O)[O-])N(S(=O)(=O)O)C(Cc2ccccc2)(S(=O)(=O)Oc2ccccc2)N1Cc1ccccc1.[Na+].[Na+]. The third-order valence-corrected chi connectivity index (χ3v) is 10.7. The first-order chi connectivity index (χ1) is 19.0. The fourth-order valence-corrected chi connectivity index (χ4v) is 10.1. The molecule has 3 aromatic rings. The van der Waals surface area contributed by atoms with Crippen molar-refractivity contribution in [3.8, 4) is 5.75 Å². The van der Waals surface area contributed by atoms with Gasteiger partial charge >= 0.3 is 79.5 Å². The van der Waals surface area contributed by atoms with Crippen molar-refractivity contribution in [2.45, 2.75) is 18.0 Å². The third-order valence-electron chi connectivity index (χ3n) is 5.87. The summed E-state index contributed by atoms with van der Waals surface area (Å²) in [6, 6.07) is 20.3. The van der Waals surface area contributed by atoms with E-state index in [-0.39, 0.29) is 75.1 Å². The van der Waals surface area contributed by atoms with Gasteiger partial charge in [-0.15, -0.1) is 0 Å². The summed E-state index contributed by atoms with van der Waals surface area (Å²) in [5.74, 6) is -0.431. The molecule has 1 atom stereocenters. The fraction of sp³-hybridized carbons (Fsp3) is 0.130. The molecule has 0 saturated heterocycles. The number of rotatable bonds is 10. The fourth-order valence-electron chi connectivity index (χ4n) is 4.35. The number of para-hydroxylation sites is 1. The van der Waals surface area contributed by atoms with E-state index in [1.807, 2.05) is 0 Å². The topological polar surface area (TPSA) is 219 Å². The predicted molar refractivity (Wildman–Crippen MR) is 141 cm³/mol. The van der Waals surface area contributed by atoms with Gasteiger partial charge in [-0.25, -0.2) is 16.8 Å². The van der Waals surface area contributed by atoms with Gasteiger partial charge in [0, 0.05) is 13.0 Å². The van der Waals surface area contributed by atoms with E-state index in [1.165, 1.54) is 78.9 Å². The largest absolute Gasteiger partial charge is 1.00 e. The van der Waals surface area contributed by atoms with Crippen LogP contribution in [-0.2, 0) is 53.6 Å². The van der Waals surface area contributed by atoms with E-state index in [0.29, 0.717) is 0 Å². The predicted octanol–water partition coefficient (Wildman–Crippen LogP) is -4.86. The molecule has 3 aromatic carbocycles. The van der Waals surface area contributed by atoms with E-state index in [2.05, 4.69) is 0 Å². The second-order valence-corrected chi connectivity index (χ2v) is 14.2. The average Bonchev–Trinajstić information content (AvgIpc) is 3.18. The molecule has 0 aliphatic carbocycles. The summed E-state index contributed by atoms with van der Waals surface area (Å²) < 4.78 is 144. The first-order valence-corrected chi connectivity index (χ1v) is 16.9. The molecule has 0 bridgehead atoms. The van der Waals surface area contributed by atoms with Gasteiger partial charge in [-0.1, -0.05) is 78.9 Å². The van der Waals surface area contributed by atoms with Gasteiger partial charge in [-0.2, -0.15) is 21.1 Å². The molecule has 4 rings (SSSR count). The molecule has 0 fully saturated rings. The quantitative estimate of drug-likeness (QED) is 0.120. The van der Waals surface area contributed by atoms with Gasteiger partial charge in [0.25, 0.3) is 4.99 Å². The van der Waals surface area contributed by atoms with Crippen molar-refractivity contribution in [2.24, 2.45) is 0 Å². The van der Waals surface area contributed by atoms with Crippen molar-refractivity contribution in [3.05, 3.63) is 112 Å². The summed E-state index contributed by atoms with van der Waals surface area (Å²) in [6.45, 7) is -0.951. The van der Waals surface area contributed by atoms with Crippen LogP contribution in [0, 0.1) is 0 Å². The van der Waals surface area contributed by atoms with E-state index in [0.717, 1.165) is 12.1 Å². The zero-order valence-corrected chi connectivity index (χ0v) is 29.8. The number of hydrogen-bond acceptors (Lipinski definition) is 12. The maximum Gasteiger partial charge on any atom is 1.00 e. The van der Waals surface area contributed by atoms with Crippen LogP contribution in [0.2, 0.25) is 0 Å². The molecule has 0 saturated carbocycles. The first kappa shape index (κ1) is 37.7. The van der Waals surface area contributed by atoms with Crippen LogP contribution in [0.5, 0.6) is 5.75 Å². The molecule has 0 amide bonds. The molecular weight excluding hydrogens is 671 g/mol. The van der Waals surface area contributed by atoms with Gasteiger partial charge in [0.2, 0.25) is 0 Å². The molecule has 43 heavy (non-hydrogen) atoms. The summed E-state index contributed by atoms with van der Waals surface area (Å²) in [5, 5.41) is -4.31. The van der Waals surface area contributed by atoms with Crippen molar-refractivity contribution < 1.29 is 111 Å². The van der Waals surface area contributed by atoms with Gasteiger partial charge in [-0.05, 0) is 23.3 Å². The van der Waals surface area contributed by atoms with Gasteiger partial charge in [0.05, 0.1) is 0 Å². The smallest absolute Gasteiger partial charge is 0.743 e. The van der Waals surface area contributed by atoms with Crippen LogP contribution >= 0.6 is 0 Å². The zero-order chi connectivity index (χ0) is 30.3. The molecule has 14 nitrogen and oxygen atoms in total. The van der Waals surface area contributed by atoms with Gasteiger partial charge in [-0.3, -0.25) is 4.55 Å². The normalized spacial score (nSPS) is 17.7. The van der Waals surface area contributed by atoms with Gasteiger partial charge in [0.1, 0.15) is 26.0 Å². The van der Waals surface area contributed by atoms with Gasteiger partial charge in [0.15, 0.2) is 10.1 Å². The standard InChI is InChI=1S/C23H22N2O12S4.2Na/c26-38(27,28)21-22(39(29,30)31)25(41(34,35)36)23(16-18-10-4-1-5-11-18,24(21)17-19-12-6-2-7-13-19)40(32,33)37-20-14-8-3-9-15-20;;/h1-15H,16-17H2,(H,26,27,28)(H,29,30,31)(H,34,35,36);;/q;2*+1/p-2. The Morgan fingerprint density at radius 1 is 0.651 bits per heavy atom. The van der Waals surface area contributed by atoms with Crippen LogP contribution < -0.4 is 63.3 Å². The number of benzene rings is 3. The molecule has 0 aromatic heterocycles. The number of nitrogens with zero attached hydrogens (tertiary/aromatic N) is 2. The van der Waals surface area contributed by atoms with Crippen LogP contribution in [0.4, 0.5) is 0 Å². The Morgan fingerprint density at radius 3 is 1.49 bits per heavy atom. The molecule has 20 heteroatoms. The van der Waals surface area contributed by atoms with Crippen molar-refractivity contribution in [2.75, 3.05) is 0 Å². The number of hydrogen-bond donors (Lipinski definition) is 1. The van der Waals surface area contributed by atoms with Crippen LogP contribution in [0.15, 0.2) is 101 Å². The molecule has 1 unspecified atom stereocenters. The van der Waals surface area contributed by atoms with E-state index in [9.17, 15) is 47.3 Å². The second-order valence-electron chi connectivity index (χ2n) is 8.59. The maximum atomic E-state index is 14.2. The molecule has 220 valence electrons. The Morgan fingerprint density at radius 2 is 1.07 bits per heavy atom. The van der Waals surface area contributed by atoms with E-state index < -0.39 is 78.7 Å². The molecule has 0 spiro atoms. The monoisotopic (exact) mass is 690 g/mol. The van der Waals surface area contributed by atoms with Crippen LogP contribution in [-0.4, -0.2) is 61.5 Å². The van der Waals surface area contributed by atoms with Crippen molar-refractivity contribution in [1.29, 1.82) is 0 Å². The summed E-state index contributed by atoms with van der Waals surface area (Å²) >= 11 is 0. The van der Waals surface area contributed by atoms with E-state index in [1.54, 1.807) is 0 Å². The van der Waals surface area contributed by atoms with Crippen molar-refractivity contribution >= 4 is 40.7 Å². The molecule has 1 heterocycles. The minimum atomic E-state index is -6.31. The minimum Gasteiger partial charge on any atom is -0.743 e. The molecule has 1 aliphatic heterocycles. The Labute approximate surface area is 293 Å². The van der Waals surface area contributed by atoms with Crippen molar-refractivity contribution in [1.82, 2.24) is 9.21 Å². The van der Waals surface area contributed by atoms with Crippen LogP contribution in [0.25, 0.3) is 0 Å². The molecule has 0 radical (unpaired) electrons. The van der Waals surface area contributed by atoms with E-state index >= 15 is 0 Å². The first-order valence-electron chi connectivity index (χ1n) is 11.3. The average molecular weight is 691 g/mol. The summed E-state index contributed by atoms with van der Waals surface area (Å²) in [6.07, 6.45) is -1.13. The van der Waals surface area contributed by atoms with Gasteiger partial charge < -0.3 is 18.2 Å². The molecular formula is C23H20N2Na2O12S4. The van der Waals surface area contributed by atoms with Crippen molar-refractivity contribution in [3.63, 3.8) is 0 Å². The van der Waals surface area contributed by atoms with E-state index in [4.69, 9.17) is 4.18 Å².